The molecule has 8 nitrogen and oxygen atoms in total. The molecule has 2 aromatic rings. The molecule has 2 heterocycles. The lowest BCUT2D eigenvalue weighted by molar-refractivity contribution is 0.0618. The summed E-state index contributed by atoms with van der Waals surface area (Å²) in [5.41, 5.74) is 0.819. The average Bonchev–Trinajstić information content (AvgIpc) is 3.19. The lowest BCUT2D eigenvalue weighted by Crippen LogP contribution is -2.41. The molecule has 0 unspecified atom stereocenters. The summed E-state index contributed by atoms with van der Waals surface area (Å²) >= 11 is 3.30. The van der Waals surface area contributed by atoms with Crippen LogP contribution in [0.1, 0.15) is 27.1 Å². The zero-order valence-corrected chi connectivity index (χ0v) is 19.4. The first-order valence-electron chi connectivity index (χ1n) is 9.72. The Morgan fingerprint density at radius 3 is 2.39 bits per heavy atom. The van der Waals surface area contributed by atoms with Gasteiger partial charge in [-0.2, -0.15) is 0 Å². The fraction of sp³-hybridized carbons (Fsp3) is 0.333. The van der Waals surface area contributed by atoms with Crippen LogP contribution in [-0.2, 0) is 10.0 Å². The Balaban J connectivity index is 1.47. The van der Waals surface area contributed by atoms with Crippen molar-refractivity contribution in [3.05, 3.63) is 58.1 Å². The summed E-state index contributed by atoms with van der Waals surface area (Å²) in [5.74, 6) is -0.363. The molecule has 1 N–H and O–H groups in total. The highest BCUT2D eigenvalue weighted by Crippen LogP contribution is 2.29. The molecule has 0 radical (unpaired) electrons. The van der Waals surface area contributed by atoms with Gasteiger partial charge in [0, 0.05) is 29.6 Å². The Morgan fingerprint density at radius 2 is 1.77 bits per heavy atom. The van der Waals surface area contributed by atoms with Crippen molar-refractivity contribution in [1.29, 1.82) is 0 Å². The van der Waals surface area contributed by atoms with Crippen molar-refractivity contribution in [3.63, 3.8) is 0 Å². The first kappa shape index (κ1) is 21.9. The molecule has 2 aliphatic heterocycles. The Bertz CT molecular complexity index is 1120. The van der Waals surface area contributed by atoms with Crippen molar-refractivity contribution in [2.45, 2.75) is 23.4 Å². The molecule has 0 aliphatic carbocycles. The molecule has 10 heteroatoms. The Kier molecular flexibility index (Phi) is 5.91. The fourth-order valence-electron chi connectivity index (χ4n) is 4.14. The van der Waals surface area contributed by atoms with Gasteiger partial charge in [0.2, 0.25) is 10.0 Å². The van der Waals surface area contributed by atoms with E-state index >= 15 is 0 Å². The normalized spacial score (nSPS) is 21.6. The van der Waals surface area contributed by atoms with Crippen LogP contribution < -0.4 is 9.46 Å². The van der Waals surface area contributed by atoms with Crippen LogP contribution in [0.4, 0.5) is 0 Å². The number of hydrogen-bond donors (Lipinski definition) is 1. The third kappa shape index (κ3) is 4.12. The van der Waals surface area contributed by atoms with E-state index in [1.165, 1.54) is 18.1 Å². The van der Waals surface area contributed by atoms with Gasteiger partial charge in [-0.1, -0.05) is 28.1 Å². The van der Waals surface area contributed by atoms with Crippen molar-refractivity contribution in [3.8, 4) is 5.75 Å². The van der Waals surface area contributed by atoms with Crippen molar-refractivity contribution < 1.29 is 22.7 Å². The number of carbonyl (C=O) groups excluding carboxylic acids is 2. The molecule has 4 rings (SSSR count). The second-order valence-corrected chi connectivity index (χ2v) is 10.3. The van der Waals surface area contributed by atoms with E-state index in [4.69, 9.17) is 4.74 Å². The summed E-state index contributed by atoms with van der Waals surface area (Å²) in [6, 6.07) is 11.0. The van der Waals surface area contributed by atoms with Gasteiger partial charge in [-0.15, -0.1) is 0 Å². The van der Waals surface area contributed by atoms with Crippen LogP contribution in [0.3, 0.4) is 0 Å². The summed E-state index contributed by atoms with van der Waals surface area (Å²) in [6.45, 7) is 0.671. The van der Waals surface area contributed by atoms with Crippen LogP contribution in [0, 0.1) is 0 Å². The number of carbonyl (C=O) groups is 2. The van der Waals surface area contributed by atoms with Crippen molar-refractivity contribution in [2.24, 2.45) is 0 Å². The number of nitrogens with one attached hydrogen (secondary N) is 1. The highest BCUT2D eigenvalue weighted by atomic mass is 79.9. The Hall–Kier alpha value is -2.27. The molecule has 0 spiro atoms. The molecule has 1 saturated heterocycles. The Morgan fingerprint density at radius 1 is 1.13 bits per heavy atom. The van der Waals surface area contributed by atoms with Gasteiger partial charge < -0.3 is 4.74 Å². The second-order valence-electron chi connectivity index (χ2n) is 7.71. The van der Waals surface area contributed by atoms with Crippen LogP contribution in [0.15, 0.2) is 51.8 Å². The van der Waals surface area contributed by atoms with E-state index in [0.717, 1.165) is 0 Å². The van der Waals surface area contributed by atoms with Crippen molar-refractivity contribution in [1.82, 2.24) is 14.5 Å². The molecule has 164 valence electrons. The number of fused-ring (bicyclic) bond motifs is 1. The number of likely N-dealkylation sites (N-methyl/N-ethyl adjacent to an activating group) is 1. The number of ether oxygens (including phenoxy) is 1. The zero-order chi connectivity index (χ0) is 22.3. The number of imide groups is 1. The minimum absolute atomic E-state index is 0.0517. The van der Waals surface area contributed by atoms with Crippen LogP contribution in [0.5, 0.6) is 5.75 Å². The number of nitrogens with zero attached hydrogens (tertiary/aromatic N) is 2. The summed E-state index contributed by atoms with van der Waals surface area (Å²) in [6.07, 6.45) is 0.472. The Labute approximate surface area is 189 Å². The van der Waals surface area contributed by atoms with Gasteiger partial charge in [-0.25, -0.2) is 13.1 Å². The molecule has 2 atom stereocenters. The van der Waals surface area contributed by atoms with Gasteiger partial charge in [0.15, 0.2) is 0 Å². The molecule has 2 aliphatic rings. The lowest BCUT2D eigenvalue weighted by atomic mass is 10.1. The number of halogens is 1. The maximum Gasteiger partial charge on any atom is 0.261 e. The minimum Gasteiger partial charge on any atom is -0.495 e. The maximum atomic E-state index is 13.0. The van der Waals surface area contributed by atoms with E-state index in [-0.39, 0.29) is 41.1 Å². The van der Waals surface area contributed by atoms with Gasteiger partial charge in [0.25, 0.3) is 11.8 Å². The lowest BCUT2D eigenvalue weighted by Gasteiger charge is -2.24. The zero-order valence-electron chi connectivity index (χ0n) is 17.0. The van der Waals surface area contributed by atoms with Gasteiger partial charge in [-0.05, 0) is 43.8 Å². The highest BCUT2D eigenvalue weighted by molar-refractivity contribution is 9.10. The number of hydrogen-bond acceptors (Lipinski definition) is 6. The van der Waals surface area contributed by atoms with Crippen molar-refractivity contribution >= 4 is 37.8 Å². The number of benzene rings is 2. The topological polar surface area (TPSA) is 96.0 Å². The van der Waals surface area contributed by atoms with E-state index in [1.54, 1.807) is 36.4 Å². The number of likely N-dealkylation sites (tertiary alicyclic amines) is 1. The first-order valence-corrected chi connectivity index (χ1v) is 12.0. The molecular weight excluding hydrogens is 486 g/mol. The number of sulfonamides is 1. The van der Waals surface area contributed by atoms with E-state index in [1.807, 2.05) is 11.9 Å². The third-order valence-electron chi connectivity index (χ3n) is 5.70. The molecule has 1 fully saturated rings. The number of amides is 2. The summed E-state index contributed by atoms with van der Waals surface area (Å²) < 4.78 is 34.5. The molecule has 0 aromatic heterocycles. The first-order chi connectivity index (χ1) is 14.7. The third-order valence-corrected chi connectivity index (χ3v) is 7.73. The highest BCUT2D eigenvalue weighted by Gasteiger charge is 2.40. The van der Waals surface area contributed by atoms with Crippen LogP contribution in [-0.4, -0.2) is 69.4 Å². The average molecular weight is 508 g/mol. The summed E-state index contributed by atoms with van der Waals surface area (Å²) in [4.78, 5) is 28.6. The number of rotatable bonds is 6. The standard InChI is InChI=1S/C21H22BrN3O5S/c1-24-11-14(23-31(28,29)19-9-13(22)7-8-18(19)30-2)10-15(24)12-25-20(26)16-5-3-4-6-17(16)21(25)27/h3-9,14-15,23H,10-12H2,1-2H3/t14-,15-/m1/s1. The van der Waals surface area contributed by atoms with E-state index in [0.29, 0.717) is 28.6 Å². The largest absolute Gasteiger partial charge is 0.495 e. The maximum absolute atomic E-state index is 13.0. The van der Waals surface area contributed by atoms with E-state index < -0.39 is 10.0 Å². The second kappa shape index (κ2) is 8.34. The smallest absolute Gasteiger partial charge is 0.261 e. The number of methoxy groups -OCH3 is 1. The monoisotopic (exact) mass is 507 g/mol. The van der Waals surface area contributed by atoms with Crippen molar-refractivity contribution in [2.75, 3.05) is 27.2 Å². The molecule has 0 bridgehead atoms. The predicted molar refractivity (Wildman–Crippen MR) is 118 cm³/mol. The molecule has 2 amide bonds. The summed E-state index contributed by atoms with van der Waals surface area (Å²) in [5, 5.41) is 0. The van der Waals surface area contributed by atoms with Crippen LogP contribution >= 0.6 is 15.9 Å². The van der Waals surface area contributed by atoms with Gasteiger partial charge >= 0.3 is 0 Å². The minimum atomic E-state index is -3.83. The van der Waals surface area contributed by atoms with Crippen LogP contribution in [0.25, 0.3) is 0 Å². The van der Waals surface area contributed by atoms with E-state index in [2.05, 4.69) is 20.7 Å². The quantitative estimate of drug-likeness (QED) is 0.601. The van der Waals surface area contributed by atoms with Gasteiger partial charge in [0.05, 0.1) is 18.2 Å². The van der Waals surface area contributed by atoms with E-state index in [9.17, 15) is 18.0 Å². The SMILES string of the molecule is COc1ccc(Br)cc1S(=O)(=O)N[C@@H]1C[C@H](CN2C(=O)c3ccccc3C2=O)N(C)C1. The fourth-order valence-corrected chi connectivity index (χ4v) is 6.09. The molecule has 2 aromatic carbocycles. The summed E-state index contributed by atoms with van der Waals surface area (Å²) in [7, 11) is -0.549. The molecule has 31 heavy (non-hydrogen) atoms. The van der Waals surface area contributed by atoms with Crippen LogP contribution in [0.2, 0.25) is 0 Å². The molecule has 0 saturated carbocycles. The van der Waals surface area contributed by atoms with Gasteiger partial charge in [0.1, 0.15) is 10.6 Å². The molecular formula is C21H22BrN3O5S. The van der Waals surface area contributed by atoms with Gasteiger partial charge in [-0.3, -0.25) is 19.4 Å². The predicted octanol–water partition coefficient (Wildman–Crippen LogP) is 2.10.